The smallest absolute Gasteiger partial charge is 0.137 e. The Morgan fingerprint density at radius 2 is 0.928 bits per heavy atom. The summed E-state index contributed by atoms with van der Waals surface area (Å²) in [6.45, 7) is 41.7. The lowest BCUT2D eigenvalue weighted by atomic mass is 9.74. The summed E-state index contributed by atoms with van der Waals surface area (Å²) in [5.41, 5.74) is 19.6. The number of para-hydroxylation sites is 3. The van der Waals surface area contributed by atoms with E-state index in [1.165, 1.54) is 55.6 Å². The molecule has 6 heteroatoms. The molecule has 3 heterocycles. The molecule has 424 valence electrons. The number of hydrogen-bond donors (Lipinski definition) is 2. The fourth-order valence-corrected chi connectivity index (χ4v) is 11.8. The molecule has 0 bridgehead atoms. The maximum atomic E-state index is 6.90. The predicted octanol–water partition coefficient (Wildman–Crippen LogP) is 22.5. The second-order valence-electron chi connectivity index (χ2n) is 29.2. The molecule has 0 radical (unpaired) electrons. The minimum Gasteiger partial charge on any atom is -0.457 e. The highest BCUT2D eigenvalue weighted by atomic mass is 16.5. The van der Waals surface area contributed by atoms with Crippen molar-refractivity contribution in [3.63, 3.8) is 0 Å². The first-order valence-corrected chi connectivity index (χ1v) is 29.7. The van der Waals surface area contributed by atoms with E-state index in [1.807, 2.05) is 24.4 Å². The third-order valence-electron chi connectivity index (χ3n) is 16.6. The monoisotopic (exact) mass is 1100 g/mol. The van der Waals surface area contributed by atoms with Crippen LogP contribution in [-0.2, 0) is 32.5 Å². The minimum absolute atomic E-state index is 0.0648. The number of benzene rings is 8. The molecule has 0 fully saturated rings. The van der Waals surface area contributed by atoms with Gasteiger partial charge in [-0.15, -0.1) is 0 Å². The first kappa shape index (κ1) is 56.8. The SMILES string of the molecule is CC(C)(C)c1ccnc(-n2c3cc(Oc4cccc(Nc5ccccc5Nc5c(-c6cc(C(C)(C)C)ccc6C(C)(C)C)cc(C(C)(C)C)cc5-c5cc(C(C)(C)C)ccc5C(C)(C)C)c4)ccc3c3c4c(ccc32)oc2ccccc24)c1. The lowest BCUT2D eigenvalue weighted by Crippen LogP contribution is -2.18. The van der Waals surface area contributed by atoms with Crippen molar-refractivity contribution < 1.29 is 9.15 Å². The molecular weight excluding hydrogens is 1010 g/mol. The van der Waals surface area contributed by atoms with Crippen molar-refractivity contribution in [1.82, 2.24) is 9.55 Å². The molecule has 83 heavy (non-hydrogen) atoms. The van der Waals surface area contributed by atoms with Gasteiger partial charge in [-0.2, -0.15) is 0 Å². The van der Waals surface area contributed by atoms with Crippen molar-refractivity contribution in [2.75, 3.05) is 10.6 Å². The van der Waals surface area contributed by atoms with E-state index in [1.54, 1.807) is 0 Å². The average Bonchev–Trinajstić information content (AvgIpc) is 2.54. The van der Waals surface area contributed by atoms with Gasteiger partial charge in [-0.25, -0.2) is 4.98 Å². The summed E-state index contributed by atoms with van der Waals surface area (Å²) >= 11 is 0. The van der Waals surface area contributed by atoms with Gasteiger partial charge in [0.05, 0.1) is 28.1 Å². The number of nitrogens with one attached hydrogen (secondary N) is 2. The number of pyridine rings is 1. The van der Waals surface area contributed by atoms with Gasteiger partial charge < -0.3 is 19.8 Å². The van der Waals surface area contributed by atoms with Crippen LogP contribution in [0.1, 0.15) is 158 Å². The van der Waals surface area contributed by atoms with Crippen LogP contribution in [0.5, 0.6) is 11.5 Å². The molecule has 0 amide bonds. The first-order chi connectivity index (χ1) is 38.9. The molecule has 11 rings (SSSR count). The fraction of sp³-hybridized carbons (Fsp3) is 0.312. The quantitative estimate of drug-likeness (QED) is 0.151. The molecule has 3 aromatic heterocycles. The van der Waals surface area contributed by atoms with E-state index in [2.05, 4.69) is 285 Å². The van der Waals surface area contributed by atoms with E-state index < -0.39 is 0 Å². The van der Waals surface area contributed by atoms with Gasteiger partial charge in [0, 0.05) is 56.7 Å². The molecule has 0 aliphatic heterocycles. The van der Waals surface area contributed by atoms with E-state index in [0.717, 1.165) is 78.1 Å². The van der Waals surface area contributed by atoms with Gasteiger partial charge in [0.1, 0.15) is 28.5 Å². The molecule has 8 aromatic carbocycles. The third-order valence-corrected chi connectivity index (χ3v) is 16.6. The van der Waals surface area contributed by atoms with E-state index >= 15 is 0 Å². The van der Waals surface area contributed by atoms with Gasteiger partial charge >= 0.3 is 0 Å². The Morgan fingerprint density at radius 3 is 1.52 bits per heavy atom. The Labute approximate surface area is 493 Å². The summed E-state index contributed by atoms with van der Waals surface area (Å²) in [5.74, 6) is 2.28. The molecule has 0 spiro atoms. The van der Waals surface area contributed by atoms with Gasteiger partial charge in [0.25, 0.3) is 0 Å². The molecule has 0 saturated heterocycles. The summed E-state index contributed by atoms with van der Waals surface area (Å²) < 4.78 is 15.6. The van der Waals surface area contributed by atoms with E-state index in [-0.39, 0.29) is 32.5 Å². The number of anilines is 4. The molecule has 6 nitrogen and oxygen atoms in total. The Bertz CT molecular complexity index is 4200. The van der Waals surface area contributed by atoms with Crippen molar-refractivity contribution >= 4 is 66.5 Å². The highest BCUT2D eigenvalue weighted by molar-refractivity contribution is 6.27. The van der Waals surface area contributed by atoms with Crippen LogP contribution in [0, 0.1) is 0 Å². The summed E-state index contributed by atoms with van der Waals surface area (Å²) in [5, 5.41) is 12.5. The number of rotatable bonds is 9. The van der Waals surface area contributed by atoms with Gasteiger partial charge in [0.2, 0.25) is 0 Å². The first-order valence-electron chi connectivity index (χ1n) is 29.7. The zero-order valence-electron chi connectivity index (χ0n) is 52.4. The zero-order valence-corrected chi connectivity index (χ0v) is 52.4. The largest absolute Gasteiger partial charge is 0.457 e. The van der Waals surface area contributed by atoms with Crippen molar-refractivity contribution in [2.45, 2.75) is 157 Å². The van der Waals surface area contributed by atoms with Crippen molar-refractivity contribution in [3.8, 4) is 39.6 Å². The van der Waals surface area contributed by atoms with Crippen LogP contribution in [0.2, 0.25) is 0 Å². The maximum absolute atomic E-state index is 6.90. The second-order valence-corrected chi connectivity index (χ2v) is 29.2. The normalized spacial score (nSPS) is 12.9. The number of furan rings is 1. The van der Waals surface area contributed by atoms with Crippen LogP contribution in [0.3, 0.4) is 0 Å². The third kappa shape index (κ3) is 11.1. The second kappa shape index (κ2) is 20.4. The number of nitrogens with zero attached hydrogens (tertiary/aromatic N) is 2. The van der Waals surface area contributed by atoms with Gasteiger partial charge in [-0.1, -0.05) is 197 Å². The summed E-state index contributed by atoms with van der Waals surface area (Å²) in [4.78, 5) is 5.01. The summed E-state index contributed by atoms with van der Waals surface area (Å²) in [7, 11) is 0. The molecule has 2 N–H and O–H groups in total. The maximum Gasteiger partial charge on any atom is 0.137 e. The number of hydrogen-bond acceptors (Lipinski definition) is 5. The van der Waals surface area contributed by atoms with Crippen molar-refractivity contribution in [3.05, 3.63) is 203 Å². The average molecular weight is 1100 g/mol. The topological polar surface area (TPSA) is 64.2 Å². The fourth-order valence-electron chi connectivity index (χ4n) is 11.8. The van der Waals surface area contributed by atoms with Crippen LogP contribution in [0.15, 0.2) is 174 Å². The molecular formula is C77H84N4O2. The Kier molecular flexibility index (Phi) is 13.9. The van der Waals surface area contributed by atoms with E-state index in [9.17, 15) is 0 Å². The Hall–Kier alpha value is -8.09. The lowest BCUT2D eigenvalue weighted by molar-refractivity contribution is 0.483. The molecule has 0 atom stereocenters. The van der Waals surface area contributed by atoms with Crippen molar-refractivity contribution in [2.24, 2.45) is 0 Å². The van der Waals surface area contributed by atoms with Gasteiger partial charge in [-0.3, -0.25) is 4.57 Å². The lowest BCUT2D eigenvalue weighted by Gasteiger charge is -2.32. The van der Waals surface area contributed by atoms with Crippen LogP contribution in [0.4, 0.5) is 22.7 Å². The van der Waals surface area contributed by atoms with E-state index in [0.29, 0.717) is 5.75 Å². The number of aromatic nitrogens is 2. The molecule has 11 aromatic rings. The highest BCUT2D eigenvalue weighted by Gasteiger charge is 2.31. The highest BCUT2D eigenvalue weighted by Crippen LogP contribution is 2.50. The Balaban J connectivity index is 1.04. The van der Waals surface area contributed by atoms with Crippen LogP contribution in [0.25, 0.3) is 71.8 Å². The Morgan fingerprint density at radius 1 is 0.386 bits per heavy atom. The predicted molar refractivity (Wildman–Crippen MR) is 355 cm³/mol. The van der Waals surface area contributed by atoms with Crippen LogP contribution in [-0.4, -0.2) is 9.55 Å². The molecule has 0 aliphatic rings. The molecule has 0 unspecified atom stereocenters. The van der Waals surface area contributed by atoms with E-state index in [4.69, 9.17) is 14.1 Å². The number of fused-ring (bicyclic) bond motifs is 7. The molecule has 0 saturated carbocycles. The zero-order chi connectivity index (χ0) is 59.3. The summed E-state index contributed by atoms with van der Waals surface area (Å²) in [6, 6.07) is 59.5. The summed E-state index contributed by atoms with van der Waals surface area (Å²) in [6.07, 6.45) is 1.93. The number of ether oxygens (including phenoxy) is 1. The van der Waals surface area contributed by atoms with Gasteiger partial charge in [0.15, 0.2) is 0 Å². The van der Waals surface area contributed by atoms with Crippen molar-refractivity contribution in [1.29, 1.82) is 0 Å². The van der Waals surface area contributed by atoms with Crippen LogP contribution >= 0.6 is 0 Å². The minimum atomic E-state index is -0.149. The van der Waals surface area contributed by atoms with Gasteiger partial charge in [-0.05, 0) is 156 Å². The molecule has 0 aliphatic carbocycles. The standard InChI is InChI=1S/C77H84N4O2/c1-72(2,3)47-30-34-60(76(13,14)15)56(40-47)58-42-50(75(10,11)12)43-59(57-41-48(73(4,5)6)31-35-61(57)77(16,17)18)71(58)80-63-28-21-20-27-62(63)79-51-24-23-25-52(45-51)82-53-32-33-54-65(46-53)81(68-44-49(38-39-78-68)74(7,8)9)64-36-37-67-70(69(54)64)55-26-19-22-29-66(55)83-67/h19-46,79-80H,1-18H3. The van der Waals surface area contributed by atoms with Crippen LogP contribution < -0.4 is 15.4 Å².